The molecule has 0 spiro atoms. The summed E-state index contributed by atoms with van der Waals surface area (Å²) in [5.74, 6) is 0. The minimum absolute atomic E-state index is 0.0240. The summed E-state index contributed by atoms with van der Waals surface area (Å²) in [6, 6.07) is 0. The Morgan fingerprint density at radius 1 is 1.62 bits per heavy atom. The molecule has 0 aromatic rings. The summed E-state index contributed by atoms with van der Waals surface area (Å²) in [6.07, 6.45) is 4.06. The molecule has 0 bridgehead atoms. The molecule has 2 nitrogen and oxygen atoms in total. The lowest BCUT2D eigenvalue weighted by molar-refractivity contribution is 0.342. The maximum absolute atomic E-state index is 8.27. The van der Waals surface area contributed by atoms with Crippen molar-refractivity contribution in [3.8, 4) is 0 Å². The first-order valence-corrected chi connectivity index (χ1v) is 2.39. The van der Waals surface area contributed by atoms with Crippen LogP contribution in [0.4, 0.5) is 0 Å². The second-order valence-electron chi connectivity index (χ2n) is 1.45. The van der Waals surface area contributed by atoms with Crippen LogP contribution >= 0.6 is 0 Å². The third-order valence-corrected chi connectivity index (χ3v) is 0.751. The zero-order valence-corrected chi connectivity index (χ0v) is 4.83. The third kappa shape index (κ3) is 3.43. The van der Waals surface area contributed by atoms with E-state index in [1.54, 1.807) is 13.0 Å². The lowest BCUT2D eigenvalue weighted by atomic mass is 10.3. The smallest absolute Gasteiger partial charge is 0.0794 e. The molecule has 0 aromatic carbocycles. The highest BCUT2D eigenvalue weighted by molar-refractivity contribution is 5.13. The third-order valence-electron chi connectivity index (χ3n) is 0.751. The standard InChI is InChI=1S/C6H10O2/c1-6(2-4-7)3-5-8/h2-4,7-8H,5H2,1H3/b4-2+,6-3-. The van der Waals surface area contributed by atoms with E-state index in [9.17, 15) is 0 Å². The molecular weight excluding hydrogens is 104 g/mol. The van der Waals surface area contributed by atoms with Crippen LogP contribution in [-0.4, -0.2) is 16.8 Å². The van der Waals surface area contributed by atoms with Gasteiger partial charge in [0.05, 0.1) is 12.9 Å². The highest BCUT2D eigenvalue weighted by Crippen LogP contribution is 1.90. The van der Waals surface area contributed by atoms with Crippen LogP contribution in [0.2, 0.25) is 0 Å². The van der Waals surface area contributed by atoms with Gasteiger partial charge >= 0.3 is 0 Å². The molecule has 0 fully saturated rings. The number of rotatable bonds is 2. The largest absolute Gasteiger partial charge is 0.516 e. The van der Waals surface area contributed by atoms with Crippen LogP contribution in [0.1, 0.15) is 6.92 Å². The average Bonchev–Trinajstić information content (AvgIpc) is 1.68. The van der Waals surface area contributed by atoms with Gasteiger partial charge in [0.1, 0.15) is 0 Å². The van der Waals surface area contributed by atoms with E-state index in [1.165, 1.54) is 6.08 Å². The van der Waals surface area contributed by atoms with Crippen molar-refractivity contribution in [3.63, 3.8) is 0 Å². The molecule has 46 valence electrons. The van der Waals surface area contributed by atoms with Crippen molar-refractivity contribution in [3.05, 3.63) is 24.0 Å². The Morgan fingerprint density at radius 3 is 2.62 bits per heavy atom. The van der Waals surface area contributed by atoms with Crippen molar-refractivity contribution in [1.82, 2.24) is 0 Å². The molecular formula is C6H10O2. The Morgan fingerprint density at radius 2 is 2.25 bits per heavy atom. The van der Waals surface area contributed by atoms with Crippen molar-refractivity contribution >= 4 is 0 Å². The van der Waals surface area contributed by atoms with Gasteiger partial charge in [-0.3, -0.25) is 0 Å². The molecule has 0 aliphatic rings. The minimum atomic E-state index is 0.0240. The Hall–Kier alpha value is -0.760. The van der Waals surface area contributed by atoms with Gasteiger partial charge in [-0.05, 0) is 18.6 Å². The van der Waals surface area contributed by atoms with E-state index in [0.717, 1.165) is 11.8 Å². The minimum Gasteiger partial charge on any atom is -0.516 e. The SMILES string of the molecule is CC(=C/CO)/C=C/O. The monoisotopic (exact) mass is 114 g/mol. The first-order valence-electron chi connectivity index (χ1n) is 2.39. The Balaban J connectivity index is 3.61. The second kappa shape index (κ2) is 4.40. The molecule has 0 aliphatic carbocycles. The predicted molar refractivity (Wildman–Crippen MR) is 32.6 cm³/mol. The fourth-order valence-corrected chi connectivity index (χ4v) is 0.330. The van der Waals surface area contributed by atoms with Crippen LogP contribution in [0.25, 0.3) is 0 Å². The first kappa shape index (κ1) is 7.24. The molecule has 0 aliphatic heterocycles. The molecule has 0 radical (unpaired) electrons. The average molecular weight is 114 g/mol. The first-order chi connectivity index (χ1) is 3.81. The lowest BCUT2D eigenvalue weighted by Gasteiger charge is -1.84. The number of aliphatic hydroxyl groups excluding tert-OH is 2. The van der Waals surface area contributed by atoms with Crippen LogP contribution in [-0.2, 0) is 0 Å². The normalized spacial score (nSPS) is 13.0. The Labute approximate surface area is 48.8 Å². The van der Waals surface area contributed by atoms with E-state index in [0.29, 0.717) is 0 Å². The molecule has 0 aromatic heterocycles. The highest BCUT2D eigenvalue weighted by Gasteiger charge is 1.75. The molecule has 0 saturated heterocycles. The molecule has 8 heavy (non-hydrogen) atoms. The van der Waals surface area contributed by atoms with Crippen LogP contribution < -0.4 is 0 Å². The van der Waals surface area contributed by atoms with Crippen LogP contribution in [0, 0.1) is 0 Å². The van der Waals surface area contributed by atoms with Crippen LogP contribution in [0.15, 0.2) is 24.0 Å². The van der Waals surface area contributed by atoms with Crippen molar-refractivity contribution in [2.45, 2.75) is 6.92 Å². The van der Waals surface area contributed by atoms with E-state index in [1.807, 2.05) is 0 Å². The van der Waals surface area contributed by atoms with Gasteiger partial charge in [0, 0.05) is 0 Å². The lowest BCUT2D eigenvalue weighted by Crippen LogP contribution is -1.74. The van der Waals surface area contributed by atoms with E-state index in [2.05, 4.69) is 0 Å². The molecule has 0 heterocycles. The number of allylic oxidation sites excluding steroid dienone is 2. The molecule has 2 N–H and O–H groups in total. The summed E-state index contributed by atoms with van der Waals surface area (Å²) in [6.45, 7) is 1.82. The van der Waals surface area contributed by atoms with E-state index >= 15 is 0 Å². The van der Waals surface area contributed by atoms with Crippen molar-refractivity contribution in [1.29, 1.82) is 0 Å². The molecule has 0 rings (SSSR count). The van der Waals surface area contributed by atoms with Crippen molar-refractivity contribution < 1.29 is 10.2 Å². The molecule has 0 atom stereocenters. The summed E-state index contributed by atoms with van der Waals surface area (Å²) in [5, 5.41) is 16.4. The van der Waals surface area contributed by atoms with Gasteiger partial charge in [-0.1, -0.05) is 6.08 Å². The number of hydrogen-bond donors (Lipinski definition) is 2. The van der Waals surface area contributed by atoms with Gasteiger partial charge in [-0.2, -0.15) is 0 Å². The number of aliphatic hydroxyl groups is 2. The van der Waals surface area contributed by atoms with Crippen LogP contribution in [0.5, 0.6) is 0 Å². The van der Waals surface area contributed by atoms with Crippen molar-refractivity contribution in [2.24, 2.45) is 0 Å². The Bertz CT molecular complexity index is 103. The van der Waals surface area contributed by atoms with E-state index in [4.69, 9.17) is 10.2 Å². The van der Waals surface area contributed by atoms with Crippen LogP contribution in [0.3, 0.4) is 0 Å². The highest BCUT2D eigenvalue weighted by atomic mass is 16.3. The maximum Gasteiger partial charge on any atom is 0.0794 e. The predicted octanol–water partition coefficient (Wildman–Crippen LogP) is 0.997. The van der Waals surface area contributed by atoms with Crippen molar-refractivity contribution in [2.75, 3.05) is 6.61 Å². The fraction of sp³-hybridized carbons (Fsp3) is 0.333. The topological polar surface area (TPSA) is 40.5 Å². The van der Waals surface area contributed by atoms with Gasteiger partial charge in [-0.15, -0.1) is 0 Å². The van der Waals surface area contributed by atoms with Gasteiger partial charge in [0.15, 0.2) is 0 Å². The quantitative estimate of drug-likeness (QED) is 0.415. The summed E-state index contributed by atoms with van der Waals surface area (Å²) < 4.78 is 0. The molecule has 2 heteroatoms. The maximum atomic E-state index is 8.27. The summed E-state index contributed by atoms with van der Waals surface area (Å²) >= 11 is 0. The zero-order chi connectivity index (χ0) is 6.41. The van der Waals surface area contributed by atoms with E-state index < -0.39 is 0 Å². The summed E-state index contributed by atoms with van der Waals surface area (Å²) in [4.78, 5) is 0. The fourth-order valence-electron chi connectivity index (χ4n) is 0.330. The molecule has 0 unspecified atom stereocenters. The summed E-state index contributed by atoms with van der Waals surface area (Å²) in [5.41, 5.74) is 0.856. The zero-order valence-electron chi connectivity index (χ0n) is 4.83. The Kier molecular flexibility index (Phi) is 3.98. The number of hydrogen-bond acceptors (Lipinski definition) is 2. The summed E-state index contributed by atoms with van der Waals surface area (Å²) in [7, 11) is 0. The molecule has 0 saturated carbocycles. The van der Waals surface area contributed by atoms with E-state index in [-0.39, 0.29) is 6.61 Å². The van der Waals surface area contributed by atoms with Gasteiger partial charge < -0.3 is 10.2 Å². The second-order valence-corrected chi connectivity index (χ2v) is 1.45. The molecule has 0 amide bonds. The van der Waals surface area contributed by atoms with Gasteiger partial charge in [0.25, 0.3) is 0 Å². The van der Waals surface area contributed by atoms with Gasteiger partial charge in [-0.25, -0.2) is 0 Å². The van der Waals surface area contributed by atoms with Gasteiger partial charge in [0.2, 0.25) is 0 Å².